The van der Waals surface area contributed by atoms with Crippen molar-refractivity contribution >= 4 is 29.4 Å². The van der Waals surface area contributed by atoms with E-state index in [4.69, 9.17) is 4.74 Å². The minimum absolute atomic E-state index is 0.0810. The van der Waals surface area contributed by atoms with Gasteiger partial charge in [-0.15, -0.1) is 0 Å². The van der Waals surface area contributed by atoms with E-state index in [0.29, 0.717) is 6.61 Å². The third-order valence-corrected chi connectivity index (χ3v) is 4.96. The molecule has 2 amide bonds. The largest absolute Gasteiger partial charge is 0.466 e. The molecular weight excluding hydrogens is 508 g/mol. The van der Waals surface area contributed by atoms with Crippen LogP contribution in [0.1, 0.15) is 125 Å². The molecule has 240 valence electrons. The van der Waals surface area contributed by atoms with Gasteiger partial charge in [-0.2, -0.15) is 0 Å². The molecule has 0 aliphatic carbocycles. The molecule has 0 aromatic rings. The number of esters is 1. The Balaban J connectivity index is -0.000000128. The number of ether oxygens (including phenoxy) is 1. The van der Waals surface area contributed by atoms with Crippen LogP contribution in [0.4, 0.5) is 0 Å². The first-order chi connectivity index (χ1) is 17.2. The Labute approximate surface area is 247 Å². The van der Waals surface area contributed by atoms with Crippen molar-refractivity contribution in [2.45, 2.75) is 125 Å². The van der Waals surface area contributed by atoms with E-state index in [0.717, 1.165) is 0 Å². The summed E-state index contributed by atoms with van der Waals surface area (Å²) in [6.07, 6.45) is 0. The van der Waals surface area contributed by atoms with Crippen molar-refractivity contribution in [3.05, 3.63) is 0 Å². The molecule has 8 heteroatoms. The molecule has 0 atom stereocenters. The highest BCUT2D eigenvalue weighted by Gasteiger charge is 2.23. The molecular formula is C32H66N2O6. The second-order valence-electron chi connectivity index (χ2n) is 14.9. The summed E-state index contributed by atoms with van der Waals surface area (Å²) in [5, 5.41) is 2.57. The van der Waals surface area contributed by atoms with Crippen LogP contribution in [0.3, 0.4) is 0 Å². The molecule has 0 bridgehead atoms. The van der Waals surface area contributed by atoms with Crippen molar-refractivity contribution < 1.29 is 28.7 Å². The number of rotatable bonds is 1. The normalized spacial score (nSPS) is 11.2. The summed E-state index contributed by atoms with van der Waals surface area (Å²) >= 11 is 0. The predicted octanol–water partition coefficient (Wildman–Crippen LogP) is 6.74. The van der Waals surface area contributed by atoms with Crippen LogP contribution in [0, 0.1) is 27.1 Å². The Bertz CT molecular complexity index is 740. The van der Waals surface area contributed by atoms with Crippen molar-refractivity contribution in [2.24, 2.45) is 27.1 Å². The number of ketones is 2. The molecule has 0 aromatic carbocycles. The Morgan fingerprint density at radius 1 is 0.575 bits per heavy atom. The lowest BCUT2D eigenvalue weighted by Gasteiger charge is -2.21. The van der Waals surface area contributed by atoms with Crippen molar-refractivity contribution in [3.63, 3.8) is 0 Å². The summed E-state index contributed by atoms with van der Waals surface area (Å²) in [7, 11) is 5.19. The highest BCUT2D eigenvalue weighted by atomic mass is 16.5. The third kappa shape index (κ3) is 32.0. The van der Waals surface area contributed by atoms with Crippen LogP contribution in [0.5, 0.6) is 0 Å². The average molecular weight is 575 g/mol. The molecule has 0 saturated carbocycles. The summed E-state index contributed by atoms with van der Waals surface area (Å²) < 4.78 is 4.77. The maximum atomic E-state index is 11.1. The molecule has 0 spiro atoms. The fraction of sp³-hybridized carbons (Fsp3) is 0.844. The first-order valence-corrected chi connectivity index (χ1v) is 13.8. The lowest BCUT2D eigenvalue weighted by Crippen LogP contribution is -2.33. The number of nitrogens with one attached hydrogen (secondary N) is 1. The zero-order chi connectivity index (χ0) is 34.1. The van der Waals surface area contributed by atoms with Gasteiger partial charge in [0, 0.05) is 42.8 Å². The first kappa shape index (κ1) is 47.5. The SMILES string of the molecule is CC(=O)C(C)(C)C.CC(=O)C(C)(C)C.CCOC(=O)C(C)(C)C.CN(C)C(=O)C(C)(C)C.CNC(=O)C(C)(C)C. The molecule has 8 nitrogen and oxygen atoms in total. The summed E-state index contributed by atoms with van der Waals surface area (Å²) in [5.74, 6) is 0.602. The fourth-order valence-electron chi connectivity index (χ4n) is 1.39. The summed E-state index contributed by atoms with van der Waals surface area (Å²) in [6, 6.07) is 0. The molecule has 0 aromatic heterocycles. The van der Waals surface area contributed by atoms with E-state index in [1.807, 2.05) is 111 Å². The van der Waals surface area contributed by atoms with Gasteiger partial charge in [0.2, 0.25) is 11.8 Å². The Morgan fingerprint density at radius 3 is 0.875 bits per heavy atom. The maximum absolute atomic E-state index is 11.1. The van der Waals surface area contributed by atoms with Gasteiger partial charge in [-0.25, -0.2) is 0 Å². The summed E-state index contributed by atoms with van der Waals surface area (Å²) in [4.78, 5) is 55.2. The summed E-state index contributed by atoms with van der Waals surface area (Å²) in [6.45, 7) is 33.9. The second-order valence-corrected chi connectivity index (χ2v) is 14.9. The van der Waals surface area contributed by atoms with Crippen molar-refractivity contribution in [1.82, 2.24) is 10.2 Å². The van der Waals surface area contributed by atoms with Crippen LogP contribution in [0.2, 0.25) is 0 Å². The van der Waals surface area contributed by atoms with Gasteiger partial charge in [-0.3, -0.25) is 24.0 Å². The van der Waals surface area contributed by atoms with E-state index in [9.17, 15) is 24.0 Å². The van der Waals surface area contributed by atoms with Crippen LogP contribution >= 0.6 is 0 Å². The van der Waals surface area contributed by atoms with Gasteiger partial charge >= 0.3 is 5.97 Å². The minimum Gasteiger partial charge on any atom is -0.466 e. The van der Waals surface area contributed by atoms with Gasteiger partial charge in [-0.1, -0.05) is 83.1 Å². The number of carbonyl (C=O) groups excluding carboxylic acids is 5. The minimum atomic E-state index is -0.351. The highest BCUT2D eigenvalue weighted by molar-refractivity contribution is 5.82. The topological polar surface area (TPSA) is 110 Å². The van der Waals surface area contributed by atoms with Gasteiger partial charge in [0.15, 0.2) is 0 Å². The lowest BCUT2D eigenvalue weighted by molar-refractivity contribution is -0.152. The fourth-order valence-corrected chi connectivity index (χ4v) is 1.39. The van der Waals surface area contributed by atoms with Crippen molar-refractivity contribution in [2.75, 3.05) is 27.7 Å². The van der Waals surface area contributed by atoms with E-state index in [1.165, 1.54) is 0 Å². The Morgan fingerprint density at radius 2 is 0.850 bits per heavy atom. The van der Waals surface area contributed by atoms with E-state index in [-0.39, 0.29) is 56.4 Å². The van der Waals surface area contributed by atoms with E-state index < -0.39 is 0 Å². The zero-order valence-corrected chi connectivity index (χ0v) is 30.1. The molecule has 0 heterocycles. The predicted molar refractivity (Wildman–Crippen MR) is 168 cm³/mol. The van der Waals surface area contributed by atoms with Crippen LogP contribution in [0.25, 0.3) is 0 Å². The quantitative estimate of drug-likeness (QED) is 0.347. The van der Waals surface area contributed by atoms with Crippen LogP contribution in [0.15, 0.2) is 0 Å². The third-order valence-electron chi connectivity index (χ3n) is 4.96. The van der Waals surface area contributed by atoms with Gasteiger partial charge in [-0.05, 0) is 41.5 Å². The smallest absolute Gasteiger partial charge is 0.311 e. The zero-order valence-electron chi connectivity index (χ0n) is 30.1. The Hall–Kier alpha value is -2.25. The number of carbonyl (C=O) groups is 5. The van der Waals surface area contributed by atoms with E-state index in [2.05, 4.69) is 5.32 Å². The van der Waals surface area contributed by atoms with Crippen LogP contribution in [-0.4, -0.2) is 62.0 Å². The van der Waals surface area contributed by atoms with Crippen molar-refractivity contribution in [1.29, 1.82) is 0 Å². The Kier molecular flexibility index (Phi) is 23.5. The molecule has 0 aliphatic rings. The van der Waals surface area contributed by atoms with E-state index >= 15 is 0 Å². The van der Waals surface area contributed by atoms with Crippen LogP contribution < -0.4 is 5.32 Å². The number of Topliss-reactive ketones (excluding diaryl/α,β-unsaturated/α-hetero) is 2. The van der Waals surface area contributed by atoms with Gasteiger partial charge < -0.3 is 15.0 Å². The molecule has 0 saturated heterocycles. The average Bonchev–Trinajstić information content (AvgIpc) is 2.71. The first-order valence-electron chi connectivity index (χ1n) is 13.8. The lowest BCUT2D eigenvalue weighted by atomic mass is 9.92. The number of nitrogens with zero attached hydrogens (tertiary/aromatic N) is 1. The van der Waals surface area contributed by atoms with Gasteiger partial charge in [0.05, 0.1) is 12.0 Å². The number of hydrogen-bond acceptors (Lipinski definition) is 6. The van der Waals surface area contributed by atoms with Gasteiger partial charge in [0.25, 0.3) is 0 Å². The molecule has 0 radical (unpaired) electrons. The molecule has 0 rings (SSSR count). The highest BCUT2D eigenvalue weighted by Crippen LogP contribution is 2.16. The molecule has 0 unspecified atom stereocenters. The standard InChI is InChI=1S/C7H15NO.C7H14O2.C6H13NO.2C6H12O/c1-7(2,3)6(9)8(4)5;1-5-9-6(8)7(2,3)4;1-6(2,3)5(8)7-4;2*1-5(7)6(2,3)4/h1-5H3;5H2,1-4H3;1-4H3,(H,7,8);2*1-4H3. The second kappa shape index (κ2) is 19.8. The van der Waals surface area contributed by atoms with Crippen LogP contribution in [-0.2, 0) is 28.7 Å². The molecule has 0 fully saturated rings. The van der Waals surface area contributed by atoms with E-state index in [1.54, 1.807) is 39.9 Å². The molecule has 1 N–H and O–H groups in total. The molecule has 40 heavy (non-hydrogen) atoms. The maximum Gasteiger partial charge on any atom is 0.311 e. The summed E-state index contributed by atoms with van der Waals surface area (Å²) in [5.41, 5.74) is -1.10. The number of hydrogen-bond donors (Lipinski definition) is 1. The monoisotopic (exact) mass is 574 g/mol. The molecule has 0 aliphatic heterocycles. The number of amides is 2. The van der Waals surface area contributed by atoms with Crippen molar-refractivity contribution in [3.8, 4) is 0 Å². The van der Waals surface area contributed by atoms with Gasteiger partial charge in [0.1, 0.15) is 11.6 Å².